The van der Waals surface area contributed by atoms with Gasteiger partial charge in [0.1, 0.15) is 17.0 Å². The molecule has 0 saturated carbocycles. The van der Waals surface area contributed by atoms with Crippen LogP contribution in [0.15, 0.2) is 48.8 Å². The third-order valence-corrected chi connectivity index (χ3v) is 5.31. The molecule has 0 bridgehead atoms. The molecule has 0 saturated heterocycles. The van der Waals surface area contributed by atoms with Crippen LogP contribution in [0.1, 0.15) is 33.4 Å². The molecular weight excluding hydrogens is 392 g/mol. The van der Waals surface area contributed by atoms with E-state index in [2.05, 4.69) is 4.98 Å². The lowest BCUT2D eigenvalue weighted by Crippen LogP contribution is -2.47. The standard InChI is InChI=1S/C24H28N4O3/c1-16-14-28-20(15-27(16)23(29)31-24(2,3)4)21(17-10-12-25-13-11-17)22(26-28)18-6-8-19(30-5)9-7-18/h6-13,16H,14-15H2,1-5H3/t16-/m1/s1. The fourth-order valence-corrected chi connectivity index (χ4v) is 3.81. The highest BCUT2D eigenvalue weighted by Gasteiger charge is 2.34. The summed E-state index contributed by atoms with van der Waals surface area (Å²) in [5.74, 6) is 0.794. The van der Waals surface area contributed by atoms with Crippen molar-refractivity contribution in [3.63, 3.8) is 0 Å². The van der Waals surface area contributed by atoms with Gasteiger partial charge < -0.3 is 9.47 Å². The van der Waals surface area contributed by atoms with Crippen LogP contribution < -0.4 is 4.74 Å². The van der Waals surface area contributed by atoms with Crippen molar-refractivity contribution in [2.75, 3.05) is 7.11 Å². The van der Waals surface area contributed by atoms with Crippen molar-refractivity contribution in [3.8, 4) is 28.1 Å². The Bertz CT molecular complexity index is 1070. The number of amides is 1. The van der Waals surface area contributed by atoms with E-state index in [1.54, 1.807) is 24.4 Å². The number of rotatable bonds is 3. The van der Waals surface area contributed by atoms with Gasteiger partial charge in [0.15, 0.2) is 0 Å². The zero-order chi connectivity index (χ0) is 22.2. The molecular formula is C24H28N4O3. The molecule has 1 aliphatic heterocycles. The second-order valence-electron chi connectivity index (χ2n) is 8.77. The second-order valence-corrected chi connectivity index (χ2v) is 8.77. The van der Waals surface area contributed by atoms with Crippen LogP contribution in [0.3, 0.4) is 0 Å². The van der Waals surface area contributed by atoms with Crippen molar-refractivity contribution in [2.24, 2.45) is 0 Å². The van der Waals surface area contributed by atoms with Gasteiger partial charge in [0.05, 0.1) is 31.9 Å². The molecule has 1 atom stereocenters. The first kappa shape index (κ1) is 20.9. The summed E-state index contributed by atoms with van der Waals surface area (Å²) < 4.78 is 13.0. The Morgan fingerprint density at radius 2 is 1.74 bits per heavy atom. The fraction of sp³-hybridized carbons (Fsp3) is 0.375. The van der Waals surface area contributed by atoms with Gasteiger partial charge >= 0.3 is 6.09 Å². The van der Waals surface area contributed by atoms with E-state index in [0.717, 1.165) is 33.8 Å². The van der Waals surface area contributed by atoms with E-state index < -0.39 is 5.60 Å². The monoisotopic (exact) mass is 420 g/mol. The number of hydrogen-bond acceptors (Lipinski definition) is 5. The van der Waals surface area contributed by atoms with Crippen molar-refractivity contribution >= 4 is 6.09 Å². The number of benzene rings is 1. The number of nitrogens with zero attached hydrogens (tertiary/aromatic N) is 4. The highest BCUT2D eigenvalue weighted by Crippen LogP contribution is 2.37. The number of ether oxygens (including phenoxy) is 2. The van der Waals surface area contributed by atoms with Gasteiger partial charge in [-0.15, -0.1) is 0 Å². The minimum atomic E-state index is -0.545. The van der Waals surface area contributed by atoms with Crippen LogP contribution in [0.2, 0.25) is 0 Å². The molecule has 2 aromatic heterocycles. The van der Waals surface area contributed by atoms with Crippen LogP contribution in [0, 0.1) is 0 Å². The third-order valence-electron chi connectivity index (χ3n) is 5.31. The second kappa shape index (κ2) is 8.06. The van der Waals surface area contributed by atoms with E-state index >= 15 is 0 Å². The van der Waals surface area contributed by atoms with Crippen LogP contribution in [0.4, 0.5) is 4.79 Å². The van der Waals surface area contributed by atoms with Crippen molar-refractivity contribution < 1.29 is 14.3 Å². The van der Waals surface area contributed by atoms with Crippen LogP contribution in [-0.4, -0.2) is 44.5 Å². The van der Waals surface area contributed by atoms with Crippen LogP contribution in [0.5, 0.6) is 5.75 Å². The highest BCUT2D eigenvalue weighted by atomic mass is 16.6. The lowest BCUT2D eigenvalue weighted by Gasteiger charge is -2.35. The van der Waals surface area contributed by atoms with Crippen molar-refractivity contribution in [1.82, 2.24) is 19.7 Å². The van der Waals surface area contributed by atoms with E-state index in [4.69, 9.17) is 14.6 Å². The molecule has 4 rings (SSSR count). The Kier molecular flexibility index (Phi) is 5.43. The first-order chi connectivity index (χ1) is 14.8. The maximum absolute atomic E-state index is 12.9. The van der Waals surface area contributed by atoms with Crippen LogP contribution in [0.25, 0.3) is 22.4 Å². The summed E-state index contributed by atoms with van der Waals surface area (Å²) in [4.78, 5) is 18.8. The minimum absolute atomic E-state index is 0.0312. The summed E-state index contributed by atoms with van der Waals surface area (Å²) in [6.45, 7) is 8.70. The average molecular weight is 421 g/mol. The van der Waals surface area contributed by atoms with E-state index in [1.807, 2.05) is 68.8 Å². The number of fused-ring (bicyclic) bond motifs is 1. The normalized spacial score (nSPS) is 16.0. The minimum Gasteiger partial charge on any atom is -0.497 e. The summed E-state index contributed by atoms with van der Waals surface area (Å²) >= 11 is 0. The molecule has 31 heavy (non-hydrogen) atoms. The summed E-state index contributed by atoms with van der Waals surface area (Å²) in [6.07, 6.45) is 3.24. The summed E-state index contributed by atoms with van der Waals surface area (Å²) in [7, 11) is 1.65. The van der Waals surface area contributed by atoms with Gasteiger partial charge in [-0.05, 0) is 69.7 Å². The van der Waals surface area contributed by atoms with Gasteiger partial charge in [0.25, 0.3) is 0 Å². The van der Waals surface area contributed by atoms with Gasteiger partial charge in [-0.2, -0.15) is 5.10 Å². The fourth-order valence-electron chi connectivity index (χ4n) is 3.81. The SMILES string of the molecule is COc1ccc(-c2nn3c(c2-c2ccncc2)CN(C(=O)OC(C)(C)C)[C@H](C)C3)cc1. The van der Waals surface area contributed by atoms with Gasteiger partial charge in [0.2, 0.25) is 0 Å². The van der Waals surface area contributed by atoms with E-state index in [0.29, 0.717) is 13.1 Å². The number of hydrogen-bond donors (Lipinski definition) is 0. The van der Waals surface area contributed by atoms with E-state index in [-0.39, 0.29) is 12.1 Å². The van der Waals surface area contributed by atoms with Gasteiger partial charge in [0, 0.05) is 23.5 Å². The maximum Gasteiger partial charge on any atom is 0.410 e. The Morgan fingerprint density at radius 1 is 1.06 bits per heavy atom. The molecule has 3 heterocycles. The molecule has 162 valence electrons. The molecule has 0 radical (unpaired) electrons. The molecule has 7 nitrogen and oxygen atoms in total. The largest absolute Gasteiger partial charge is 0.497 e. The molecule has 0 fully saturated rings. The summed E-state index contributed by atoms with van der Waals surface area (Å²) in [5, 5.41) is 4.95. The Hall–Kier alpha value is -3.35. The third kappa shape index (κ3) is 4.26. The smallest absolute Gasteiger partial charge is 0.410 e. The molecule has 0 aliphatic carbocycles. The summed E-state index contributed by atoms with van der Waals surface area (Å²) in [6, 6.07) is 11.8. The van der Waals surface area contributed by atoms with Gasteiger partial charge in [-0.25, -0.2) is 4.79 Å². The van der Waals surface area contributed by atoms with Crippen molar-refractivity contribution in [1.29, 1.82) is 0 Å². The number of pyridine rings is 1. The Labute approximate surface area is 182 Å². The lowest BCUT2D eigenvalue weighted by atomic mass is 9.98. The van der Waals surface area contributed by atoms with Gasteiger partial charge in [-0.1, -0.05) is 0 Å². The average Bonchev–Trinajstić information content (AvgIpc) is 3.10. The van der Waals surface area contributed by atoms with Gasteiger partial charge in [-0.3, -0.25) is 14.6 Å². The molecule has 7 heteroatoms. The zero-order valence-electron chi connectivity index (χ0n) is 18.6. The zero-order valence-corrected chi connectivity index (χ0v) is 18.6. The van der Waals surface area contributed by atoms with Crippen LogP contribution >= 0.6 is 0 Å². The van der Waals surface area contributed by atoms with E-state index in [1.165, 1.54) is 0 Å². The molecule has 0 unspecified atom stereocenters. The Morgan fingerprint density at radius 3 is 2.35 bits per heavy atom. The Balaban J connectivity index is 1.80. The molecule has 3 aromatic rings. The molecule has 1 aromatic carbocycles. The maximum atomic E-state index is 12.9. The molecule has 0 N–H and O–H groups in total. The quantitative estimate of drug-likeness (QED) is 0.611. The number of carbonyl (C=O) groups is 1. The van der Waals surface area contributed by atoms with Crippen molar-refractivity contribution in [2.45, 2.75) is 52.4 Å². The highest BCUT2D eigenvalue weighted by molar-refractivity contribution is 5.83. The molecule has 1 aliphatic rings. The molecule has 0 spiro atoms. The molecule has 1 amide bonds. The summed E-state index contributed by atoms with van der Waals surface area (Å²) in [5.41, 5.74) is 4.33. The number of methoxy groups -OCH3 is 1. The topological polar surface area (TPSA) is 69.5 Å². The lowest BCUT2D eigenvalue weighted by molar-refractivity contribution is 0.00914. The predicted octanol–water partition coefficient (Wildman–Crippen LogP) is 4.76. The van der Waals surface area contributed by atoms with Crippen LogP contribution in [-0.2, 0) is 17.8 Å². The predicted molar refractivity (Wildman–Crippen MR) is 119 cm³/mol. The number of carbonyl (C=O) groups excluding carboxylic acids is 1. The first-order valence-corrected chi connectivity index (χ1v) is 10.4. The van der Waals surface area contributed by atoms with E-state index in [9.17, 15) is 4.79 Å². The first-order valence-electron chi connectivity index (χ1n) is 10.4. The van der Waals surface area contributed by atoms with Crippen molar-refractivity contribution in [3.05, 3.63) is 54.5 Å². The number of aromatic nitrogens is 3.